The first kappa shape index (κ1) is 14.9. The van der Waals surface area contributed by atoms with Gasteiger partial charge in [0.2, 0.25) is 0 Å². The number of hydrogen-bond acceptors (Lipinski definition) is 3. The highest BCUT2D eigenvalue weighted by Crippen LogP contribution is 2.26. The number of piperidine rings is 1. The molecule has 102 valence electrons. The molecule has 1 rings (SSSR count). The number of ether oxygens (including phenoxy) is 1. The lowest BCUT2D eigenvalue weighted by atomic mass is 9.85. The van der Waals surface area contributed by atoms with E-state index in [4.69, 9.17) is 10.5 Å². The summed E-state index contributed by atoms with van der Waals surface area (Å²) in [6, 6.07) is 0.550. The van der Waals surface area contributed by atoms with Gasteiger partial charge in [-0.15, -0.1) is 0 Å². The molecule has 0 saturated carbocycles. The Labute approximate surface area is 107 Å². The Morgan fingerprint density at radius 3 is 2.65 bits per heavy atom. The van der Waals surface area contributed by atoms with E-state index in [0.29, 0.717) is 17.9 Å². The van der Waals surface area contributed by atoms with Gasteiger partial charge < -0.3 is 10.5 Å². The summed E-state index contributed by atoms with van der Waals surface area (Å²) in [5.41, 5.74) is 5.90. The zero-order chi connectivity index (χ0) is 12.8. The largest absolute Gasteiger partial charge is 0.380 e. The van der Waals surface area contributed by atoms with E-state index in [1.54, 1.807) is 0 Å². The predicted octanol–water partition coefficient (Wildman–Crippen LogP) is 1.96. The molecule has 3 heteroatoms. The van der Waals surface area contributed by atoms with Gasteiger partial charge in [-0.05, 0) is 24.2 Å². The summed E-state index contributed by atoms with van der Waals surface area (Å²) in [5.74, 6) is 2.13. The normalized spacial score (nSPS) is 31.1. The average molecular weight is 242 g/mol. The summed E-state index contributed by atoms with van der Waals surface area (Å²) in [6.45, 7) is 13.7. The van der Waals surface area contributed by atoms with Crippen molar-refractivity contribution in [2.75, 3.05) is 32.8 Å². The molecule has 2 N–H and O–H groups in total. The third kappa shape index (κ3) is 4.94. The van der Waals surface area contributed by atoms with E-state index in [2.05, 4.69) is 32.6 Å². The van der Waals surface area contributed by atoms with Gasteiger partial charge in [-0.25, -0.2) is 0 Å². The van der Waals surface area contributed by atoms with Crippen molar-refractivity contribution in [2.24, 2.45) is 23.5 Å². The molecule has 1 fully saturated rings. The number of hydrogen-bond donors (Lipinski definition) is 1. The zero-order valence-electron chi connectivity index (χ0n) is 12.0. The van der Waals surface area contributed by atoms with Crippen LogP contribution in [0.15, 0.2) is 0 Å². The zero-order valence-corrected chi connectivity index (χ0v) is 12.0. The SMILES string of the molecule is CC(C)COCCN1CC(C)CC(C)C1CN. The minimum absolute atomic E-state index is 0.550. The molecule has 0 aliphatic carbocycles. The Kier molecular flexibility index (Phi) is 6.45. The third-order valence-electron chi connectivity index (χ3n) is 3.66. The molecule has 0 amide bonds. The number of likely N-dealkylation sites (tertiary alicyclic amines) is 1. The number of rotatable bonds is 6. The second kappa shape index (κ2) is 7.34. The predicted molar refractivity (Wildman–Crippen MR) is 73.0 cm³/mol. The van der Waals surface area contributed by atoms with Crippen LogP contribution in [0.4, 0.5) is 0 Å². The van der Waals surface area contributed by atoms with E-state index in [-0.39, 0.29) is 0 Å². The van der Waals surface area contributed by atoms with E-state index in [9.17, 15) is 0 Å². The van der Waals surface area contributed by atoms with Crippen LogP contribution in [0.5, 0.6) is 0 Å². The standard InChI is InChI=1S/C14H30N2O/c1-11(2)10-17-6-5-16-9-12(3)7-13(4)14(16)8-15/h11-14H,5-10,15H2,1-4H3. The average Bonchev–Trinajstić information content (AvgIpc) is 2.23. The smallest absolute Gasteiger partial charge is 0.0593 e. The van der Waals surface area contributed by atoms with Crippen molar-refractivity contribution in [3.05, 3.63) is 0 Å². The third-order valence-corrected chi connectivity index (χ3v) is 3.66. The van der Waals surface area contributed by atoms with Crippen LogP contribution in [-0.2, 0) is 4.74 Å². The fourth-order valence-corrected chi connectivity index (χ4v) is 2.90. The van der Waals surface area contributed by atoms with Crippen molar-refractivity contribution < 1.29 is 4.74 Å². The highest BCUT2D eigenvalue weighted by Gasteiger charge is 2.30. The van der Waals surface area contributed by atoms with Gasteiger partial charge in [-0.3, -0.25) is 4.90 Å². The molecule has 0 aromatic carbocycles. The van der Waals surface area contributed by atoms with Gasteiger partial charge >= 0.3 is 0 Å². The molecule has 3 unspecified atom stereocenters. The fraction of sp³-hybridized carbons (Fsp3) is 1.00. The monoisotopic (exact) mass is 242 g/mol. The second-order valence-electron chi connectivity index (χ2n) is 6.08. The molecule has 1 heterocycles. The van der Waals surface area contributed by atoms with Gasteiger partial charge in [-0.1, -0.05) is 27.7 Å². The number of nitrogens with zero attached hydrogens (tertiary/aromatic N) is 1. The fourth-order valence-electron chi connectivity index (χ4n) is 2.90. The minimum Gasteiger partial charge on any atom is -0.380 e. The van der Waals surface area contributed by atoms with E-state index in [0.717, 1.165) is 32.2 Å². The second-order valence-corrected chi connectivity index (χ2v) is 6.08. The van der Waals surface area contributed by atoms with Crippen molar-refractivity contribution >= 4 is 0 Å². The minimum atomic E-state index is 0.550. The molecule has 0 radical (unpaired) electrons. The number of nitrogens with two attached hydrogens (primary N) is 1. The van der Waals surface area contributed by atoms with Crippen LogP contribution < -0.4 is 5.73 Å². The summed E-state index contributed by atoms with van der Waals surface area (Å²) in [5, 5.41) is 0. The van der Waals surface area contributed by atoms with Crippen molar-refractivity contribution in [1.82, 2.24) is 4.90 Å². The Balaban J connectivity index is 2.33. The molecule has 1 saturated heterocycles. The van der Waals surface area contributed by atoms with Crippen molar-refractivity contribution in [3.63, 3.8) is 0 Å². The maximum absolute atomic E-state index is 5.90. The molecule has 0 bridgehead atoms. The van der Waals surface area contributed by atoms with E-state index in [1.807, 2.05) is 0 Å². The van der Waals surface area contributed by atoms with Crippen molar-refractivity contribution in [2.45, 2.75) is 40.2 Å². The first-order valence-electron chi connectivity index (χ1n) is 7.06. The van der Waals surface area contributed by atoms with Gasteiger partial charge in [-0.2, -0.15) is 0 Å². The first-order valence-corrected chi connectivity index (χ1v) is 7.06. The van der Waals surface area contributed by atoms with Crippen LogP contribution in [0.25, 0.3) is 0 Å². The van der Waals surface area contributed by atoms with Gasteiger partial charge in [0, 0.05) is 32.3 Å². The molecule has 3 nitrogen and oxygen atoms in total. The van der Waals surface area contributed by atoms with Gasteiger partial charge in [0.15, 0.2) is 0 Å². The van der Waals surface area contributed by atoms with E-state index in [1.165, 1.54) is 13.0 Å². The van der Waals surface area contributed by atoms with Gasteiger partial charge in [0.05, 0.1) is 6.61 Å². The lowest BCUT2D eigenvalue weighted by Crippen LogP contribution is -2.52. The molecule has 1 aliphatic rings. The molecule has 17 heavy (non-hydrogen) atoms. The molecule has 0 aromatic heterocycles. The van der Waals surface area contributed by atoms with Crippen LogP contribution >= 0.6 is 0 Å². The molecule has 3 atom stereocenters. The molecule has 0 aromatic rings. The quantitative estimate of drug-likeness (QED) is 0.724. The Hall–Kier alpha value is -0.120. The van der Waals surface area contributed by atoms with Crippen LogP contribution in [0, 0.1) is 17.8 Å². The molecule has 0 spiro atoms. The Bertz CT molecular complexity index is 208. The van der Waals surface area contributed by atoms with Crippen LogP contribution in [0.3, 0.4) is 0 Å². The lowest BCUT2D eigenvalue weighted by molar-refractivity contribution is 0.0302. The van der Waals surface area contributed by atoms with Crippen LogP contribution in [0.1, 0.15) is 34.1 Å². The summed E-state index contributed by atoms with van der Waals surface area (Å²) in [7, 11) is 0. The van der Waals surface area contributed by atoms with Gasteiger partial charge in [0.1, 0.15) is 0 Å². The van der Waals surface area contributed by atoms with Crippen molar-refractivity contribution in [3.8, 4) is 0 Å². The first-order chi connectivity index (χ1) is 8.04. The van der Waals surface area contributed by atoms with E-state index < -0.39 is 0 Å². The summed E-state index contributed by atoms with van der Waals surface area (Å²) >= 11 is 0. The lowest BCUT2D eigenvalue weighted by Gasteiger charge is -2.42. The summed E-state index contributed by atoms with van der Waals surface area (Å²) in [6.07, 6.45) is 1.31. The maximum atomic E-state index is 5.90. The highest BCUT2D eigenvalue weighted by molar-refractivity contribution is 4.85. The van der Waals surface area contributed by atoms with Crippen molar-refractivity contribution in [1.29, 1.82) is 0 Å². The summed E-state index contributed by atoms with van der Waals surface area (Å²) in [4.78, 5) is 2.53. The topological polar surface area (TPSA) is 38.5 Å². The van der Waals surface area contributed by atoms with Gasteiger partial charge in [0.25, 0.3) is 0 Å². The highest BCUT2D eigenvalue weighted by atomic mass is 16.5. The van der Waals surface area contributed by atoms with Crippen LogP contribution in [-0.4, -0.2) is 43.8 Å². The summed E-state index contributed by atoms with van der Waals surface area (Å²) < 4.78 is 5.68. The molecular formula is C14H30N2O. The molecule has 1 aliphatic heterocycles. The Morgan fingerprint density at radius 2 is 2.06 bits per heavy atom. The molecular weight excluding hydrogens is 212 g/mol. The Morgan fingerprint density at radius 1 is 1.35 bits per heavy atom. The van der Waals surface area contributed by atoms with E-state index >= 15 is 0 Å². The maximum Gasteiger partial charge on any atom is 0.0593 e. The van der Waals surface area contributed by atoms with Crippen LogP contribution in [0.2, 0.25) is 0 Å².